The van der Waals surface area contributed by atoms with E-state index in [1.807, 2.05) is 0 Å². The van der Waals surface area contributed by atoms with Crippen molar-refractivity contribution in [3.05, 3.63) is 47.5 Å². The molecule has 156 valence electrons. The highest BCUT2D eigenvalue weighted by atomic mass is 35.5. The molecule has 1 unspecified atom stereocenters. The quantitative estimate of drug-likeness (QED) is 0.766. The Kier molecular flexibility index (Phi) is 5.50. The van der Waals surface area contributed by atoms with Crippen LogP contribution in [0.3, 0.4) is 0 Å². The summed E-state index contributed by atoms with van der Waals surface area (Å²) in [4.78, 5) is 40.2. The van der Waals surface area contributed by atoms with E-state index < -0.39 is 5.92 Å². The summed E-state index contributed by atoms with van der Waals surface area (Å²) in [7, 11) is 1.52. The van der Waals surface area contributed by atoms with Crippen molar-refractivity contribution in [3.63, 3.8) is 0 Å². The molecule has 2 fully saturated rings. The van der Waals surface area contributed by atoms with Crippen molar-refractivity contribution < 1.29 is 19.1 Å². The van der Waals surface area contributed by atoms with E-state index in [0.717, 1.165) is 5.69 Å². The summed E-state index contributed by atoms with van der Waals surface area (Å²) in [5, 5.41) is 6.08. The lowest BCUT2D eigenvalue weighted by atomic mass is 10.1. The number of nitrogens with zero attached hydrogens (tertiary/aromatic N) is 2. The third-order valence-electron chi connectivity index (χ3n) is 5.23. The third-order valence-corrected chi connectivity index (χ3v) is 5.47. The molecule has 0 aliphatic carbocycles. The average Bonchev–Trinajstić information content (AvgIpc) is 3.34. The van der Waals surface area contributed by atoms with Gasteiger partial charge in [-0.15, -0.1) is 0 Å². The maximum Gasteiger partial charge on any atom is 0.321 e. The molecule has 2 aromatic carbocycles. The van der Waals surface area contributed by atoms with Gasteiger partial charge in [0.1, 0.15) is 5.75 Å². The molecule has 9 heteroatoms. The van der Waals surface area contributed by atoms with Crippen LogP contribution in [0.2, 0.25) is 5.02 Å². The first kappa shape index (κ1) is 20.0. The van der Waals surface area contributed by atoms with Gasteiger partial charge < -0.3 is 20.3 Å². The molecule has 2 saturated heterocycles. The van der Waals surface area contributed by atoms with Gasteiger partial charge in [0.2, 0.25) is 11.8 Å². The first-order valence-corrected chi connectivity index (χ1v) is 9.94. The second-order valence-corrected chi connectivity index (χ2v) is 7.58. The monoisotopic (exact) mass is 428 g/mol. The third kappa shape index (κ3) is 3.91. The number of rotatable bonds is 5. The van der Waals surface area contributed by atoms with Gasteiger partial charge in [0.05, 0.1) is 18.7 Å². The van der Waals surface area contributed by atoms with Crippen molar-refractivity contribution in [2.24, 2.45) is 5.92 Å². The Hall–Kier alpha value is -3.26. The maximum absolute atomic E-state index is 12.7. The number of carbonyl (C=O) groups excluding carboxylic acids is 3. The van der Waals surface area contributed by atoms with Crippen molar-refractivity contribution in [1.82, 2.24) is 5.32 Å². The van der Waals surface area contributed by atoms with Gasteiger partial charge >= 0.3 is 6.03 Å². The SMILES string of the molecule is COc1ccc(Cl)cc1N1CC(C(=O)Nc2ccc(N3CCNC3=O)cc2)CC1=O. The van der Waals surface area contributed by atoms with E-state index >= 15 is 0 Å². The Morgan fingerprint density at radius 1 is 1.17 bits per heavy atom. The summed E-state index contributed by atoms with van der Waals surface area (Å²) in [5.41, 5.74) is 1.92. The predicted molar refractivity (Wildman–Crippen MR) is 114 cm³/mol. The molecule has 2 aliphatic rings. The van der Waals surface area contributed by atoms with E-state index in [4.69, 9.17) is 16.3 Å². The van der Waals surface area contributed by atoms with Crippen LogP contribution in [-0.4, -0.2) is 44.6 Å². The average molecular weight is 429 g/mol. The summed E-state index contributed by atoms with van der Waals surface area (Å²) >= 11 is 6.07. The van der Waals surface area contributed by atoms with Gasteiger partial charge in [0.25, 0.3) is 0 Å². The highest BCUT2D eigenvalue weighted by Crippen LogP contribution is 2.35. The van der Waals surface area contributed by atoms with Crippen LogP contribution in [0.1, 0.15) is 6.42 Å². The van der Waals surface area contributed by atoms with Crippen LogP contribution in [0.15, 0.2) is 42.5 Å². The molecule has 0 spiro atoms. The molecule has 2 aromatic rings. The summed E-state index contributed by atoms with van der Waals surface area (Å²) < 4.78 is 5.33. The van der Waals surface area contributed by atoms with Gasteiger partial charge in [-0.1, -0.05) is 11.6 Å². The van der Waals surface area contributed by atoms with Crippen LogP contribution < -0.4 is 25.2 Å². The van der Waals surface area contributed by atoms with Gasteiger partial charge in [-0.3, -0.25) is 14.5 Å². The van der Waals surface area contributed by atoms with E-state index in [-0.39, 0.29) is 30.8 Å². The van der Waals surface area contributed by atoms with Gasteiger partial charge in [-0.2, -0.15) is 0 Å². The minimum Gasteiger partial charge on any atom is -0.495 e. The molecule has 0 radical (unpaired) electrons. The maximum atomic E-state index is 12.7. The van der Waals surface area contributed by atoms with Gasteiger partial charge in [-0.25, -0.2) is 4.79 Å². The number of hydrogen-bond donors (Lipinski definition) is 2. The van der Waals surface area contributed by atoms with Gasteiger partial charge in [0, 0.05) is 42.5 Å². The fraction of sp³-hybridized carbons (Fsp3) is 0.286. The summed E-state index contributed by atoms with van der Waals surface area (Å²) in [5.74, 6) is -0.370. The van der Waals surface area contributed by atoms with Crippen molar-refractivity contribution in [3.8, 4) is 5.75 Å². The molecular weight excluding hydrogens is 408 g/mol. The normalized spacial score (nSPS) is 18.5. The summed E-state index contributed by atoms with van der Waals surface area (Å²) in [6.07, 6.45) is 0.105. The summed E-state index contributed by atoms with van der Waals surface area (Å²) in [6, 6.07) is 12.0. The minimum absolute atomic E-state index is 0.105. The van der Waals surface area contributed by atoms with E-state index in [1.165, 1.54) is 12.0 Å². The standard InChI is InChI=1S/C21H21ClN4O4/c1-30-18-7-2-14(22)11-17(18)26-12-13(10-19(26)27)20(28)24-15-3-5-16(6-4-15)25-9-8-23-21(25)29/h2-7,11,13H,8-10,12H2,1H3,(H,23,29)(H,24,28). The largest absolute Gasteiger partial charge is 0.495 e. The highest BCUT2D eigenvalue weighted by molar-refractivity contribution is 6.31. The minimum atomic E-state index is -0.495. The number of amides is 4. The molecule has 30 heavy (non-hydrogen) atoms. The van der Waals surface area contributed by atoms with Crippen molar-refractivity contribution in [2.75, 3.05) is 41.9 Å². The highest BCUT2D eigenvalue weighted by Gasteiger charge is 2.36. The van der Waals surface area contributed by atoms with E-state index in [1.54, 1.807) is 47.4 Å². The second kappa shape index (κ2) is 8.23. The molecule has 4 amide bonds. The van der Waals surface area contributed by atoms with Gasteiger partial charge in [0.15, 0.2) is 0 Å². The number of ether oxygens (including phenoxy) is 1. The molecular formula is C21H21ClN4O4. The predicted octanol–water partition coefficient (Wildman–Crippen LogP) is 2.87. The van der Waals surface area contributed by atoms with Crippen LogP contribution in [0.5, 0.6) is 5.75 Å². The van der Waals surface area contributed by atoms with Gasteiger partial charge in [-0.05, 0) is 42.5 Å². The van der Waals surface area contributed by atoms with Crippen molar-refractivity contribution >= 4 is 46.5 Å². The number of carbonyl (C=O) groups is 3. The number of halogens is 1. The van der Waals surface area contributed by atoms with Crippen LogP contribution in [0.4, 0.5) is 21.9 Å². The molecule has 0 saturated carbocycles. The first-order chi connectivity index (χ1) is 14.5. The second-order valence-electron chi connectivity index (χ2n) is 7.14. The van der Waals surface area contributed by atoms with Crippen LogP contribution >= 0.6 is 11.6 Å². The van der Waals surface area contributed by atoms with Crippen molar-refractivity contribution in [2.45, 2.75) is 6.42 Å². The molecule has 8 nitrogen and oxygen atoms in total. The Bertz CT molecular complexity index is 995. The molecule has 0 aromatic heterocycles. The molecule has 2 aliphatic heterocycles. The fourth-order valence-corrected chi connectivity index (χ4v) is 3.84. The number of urea groups is 1. The zero-order chi connectivity index (χ0) is 21.3. The van der Waals surface area contributed by atoms with Crippen LogP contribution in [-0.2, 0) is 9.59 Å². The molecule has 4 rings (SSSR count). The van der Waals surface area contributed by atoms with E-state index in [0.29, 0.717) is 35.2 Å². The molecule has 2 N–H and O–H groups in total. The first-order valence-electron chi connectivity index (χ1n) is 9.56. The number of methoxy groups -OCH3 is 1. The summed E-state index contributed by atoms with van der Waals surface area (Å²) in [6.45, 7) is 1.46. The number of anilines is 3. The lowest BCUT2D eigenvalue weighted by molar-refractivity contribution is -0.122. The Balaban J connectivity index is 1.43. The smallest absolute Gasteiger partial charge is 0.321 e. The van der Waals surface area contributed by atoms with E-state index in [9.17, 15) is 14.4 Å². The zero-order valence-electron chi connectivity index (χ0n) is 16.4. The number of benzene rings is 2. The molecule has 0 bridgehead atoms. The fourth-order valence-electron chi connectivity index (χ4n) is 3.68. The Labute approximate surface area is 178 Å². The van der Waals surface area contributed by atoms with Crippen LogP contribution in [0.25, 0.3) is 0 Å². The molecule has 1 atom stereocenters. The number of hydrogen-bond acceptors (Lipinski definition) is 4. The molecule has 2 heterocycles. The Morgan fingerprint density at radius 3 is 2.60 bits per heavy atom. The topological polar surface area (TPSA) is 91.0 Å². The lowest BCUT2D eigenvalue weighted by Gasteiger charge is -2.20. The van der Waals surface area contributed by atoms with E-state index in [2.05, 4.69) is 10.6 Å². The number of nitrogens with one attached hydrogen (secondary N) is 2. The zero-order valence-corrected chi connectivity index (χ0v) is 17.1. The lowest BCUT2D eigenvalue weighted by Crippen LogP contribution is -2.28. The van der Waals surface area contributed by atoms with Crippen molar-refractivity contribution in [1.29, 1.82) is 0 Å². The Morgan fingerprint density at radius 2 is 1.93 bits per heavy atom. The van der Waals surface area contributed by atoms with Crippen LogP contribution in [0, 0.1) is 5.92 Å².